The van der Waals surface area contributed by atoms with E-state index in [-0.39, 0.29) is 0 Å². The molecule has 0 spiro atoms. The summed E-state index contributed by atoms with van der Waals surface area (Å²) in [6, 6.07) is 9.69. The van der Waals surface area contributed by atoms with E-state index in [4.69, 9.17) is 10.5 Å². The number of nitrogens with two attached hydrogens (primary N) is 1. The van der Waals surface area contributed by atoms with Crippen LogP contribution in [-0.4, -0.2) is 16.3 Å². The van der Waals surface area contributed by atoms with Crippen LogP contribution in [0.3, 0.4) is 0 Å². The fourth-order valence-corrected chi connectivity index (χ4v) is 1.77. The summed E-state index contributed by atoms with van der Waals surface area (Å²) in [5, 5.41) is 4.28. The summed E-state index contributed by atoms with van der Waals surface area (Å²) in [4.78, 5) is 0. The molecular formula is C15H17N3O. The molecule has 0 saturated heterocycles. The van der Waals surface area contributed by atoms with Gasteiger partial charge in [-0.15, -0.1) is 0 Å². The molecule has 0 fully saturated rings. The predicted molar refractivity (Wildman–Crippen MR) is 74.7 cm³/mol. The van der Waals surface area contributed by atoms with E-state index in [1.807, 2.05) is 49.0 Å². The maximum Gasteiger partial charge on any atom is 0.130 e. The summed E-state index contributed by atoms with van der Waals surface area (Å²) < 4.78 is 7.57. The Morgan fingerprint density at radius 2 is 2.21 bits per heavy atom. The molecule has 0 atom stereocenters. The highest BCUT2D eigenvalue weighted by atomic mass is 16.5. The summed E-state index contributed by atoms with van der Waals surface area (Å²) in [5.41, 5.74) is 8.29. The molecule has 19 heavy (non-hydrogen) atoms. The Bertz CT molecular complexity index is 620. The molecule has 98 valence electrons. The van der Waals surface area contributed by atoms with E-state index in [1.165, 1.54) is 0 Å². The molecule has 0 amide bonds. The first kappa shape index (κ1) is 13.2. The van der Waals surface area contributed by atoms with Crippen molar-refractivity contribution in [2.45, 2.75) is 13.5 Å². The number of benzene rings is 1. The molecule has 1 heterocycles. The van der Waals surface area contributed by atoms with Gasteiger partial charge in [0.15, 0.2) is 0 Å². The summed E-state index contributed by atoms with van der Waals surface area (Å²) >= 11 is 0. The van der Waals surface area contributed by atoms with Crippen molar-refractivity contribution in [2.24, 2.45) is 12.8 Å². The fraction of sp³-hybridized carbons (Fsp3) is 0.267. The van der Waals surface area contributed by atoms with Crippen LogP contribution in [0.15, 0.2) is 30.3 Å². The van der Waals surface area contributed by atoms with Crippen LogP contribution < -0.4 is 10.5 Å². The van der Waals surface area contributed by atoms with Crippen molar-refractivity contribution in [3.8, 4) is 17.6 Å². The van der Waals surface area contributed by atoms with E-state index in [9.17, 15) is 0 Å². The van der Waals surface area contributed by atoms with E-state index in [0.717, 1.165) is 22.7 Å². The van der Waals surface area contributed by atoms with Crippen LogP contribution in [0.4, 0.5) is 0 Å². The molecule has 0 saturated carbocycles. The van der Waals surface area contributed by atoms with E-state index >= 15 is 0 Å². The van der Waals surface area contributed by atoms with Crippen LogP contribution in [0.1, 0.15) is 17.0 Å². The van der Waals surface area contributed by atoms with Gasteiger partial charge >= 0.3 is 0 Å². The SMILES string of the molecule is Cc1cc(COc2cccc(C#CCN)c2)n(C)n1. The predicted octanol–water partition coefficient (Wildman–Crippen LogP) is 1.62. The Kier molecular flexibility index (Phi) is 4.22. The molecule has 2 aromatic rings. The van der Waals surface area contributed by atoms with Gasteiger partial charge < -0.3 is 10.5 Å². The highest BCUT2D eigenvalue weighted by Crippen LogP contribution is 2.14. The summed E-state index contributed by atoms with van der Waals surface area (Å²) in [7, 11) is 1.91. The lowest BCUT2D eigenvalue weighted by Gasteiger charge is -2.06. The standard InChI is InChI=1S/C15H17N3O/c1-12-9-14(18(2)17-12)11-19-15-7-3-5-13(10-15)6-4-8-16/h3,5,7,9-10H,8,11,16H2,1-2H3. The number of hydrogen-bond acceptors (Lipinski definition) is 3. The molecule has 0 aliphatic rings. The summed E-state index contributed by atoms with van der Waals surface area (Å²) in [6.45, 7) is 2.82. The number of ether oxygens (including phenoxy) is 1. The highest BCUT2D eigenvalue weighted by Gasteiger charge is 2.03. The minimum atomic E-state index is 0.360. The van der Waals surface area contributed by atoms with E-state index in [0.29, 0.717) is 13.2 Å². The van der Waals surface area contributed by atoms with Crippen LogP contribution in [0.25, 0.3) is 0 Å². The Hall–Kier alpha value is -2.25. The van der Waals surface area contributed by atoms with Crippen molar-refractivity contribution in [1.82, 2.24) is 9.78 Å². The first-order valence-corrected chi connectivity index (χ1v) is 6.10. The van der Waals surface area contributed by atoms with E-state index in [1.54, 1.807) is 0 Å². The van der Waals surface area contributed by atoms with Crippen LogP contribution in [0.5, 0.6) is 5.75 Å². The van der Waals surface area contributed by atoms with Gasteiger partial charge in [0.2, 0.25) is 0 Å². The van der Waals surface area contributed by atoms with Gasteiger partial charge in [0.1, 0.15) is 12.4 Å². The Labute approximate surface area is 113 Å². The average Bonchev–Trinajstić information content (AvgIpc) is 2.73. The summed E-state index contributed by atoms with van der Waals surface area (Å²) in [6.07, 6.45) is 0. The van der Waals surface area contributed by atoms with Gasteiger partial charge in [-0.1, -0.05) is 17.9 Å². The van der Waals surface area contributed by atoms with Gasteiger partial charge in [0, 0.05) is 12.6 Å². The second-order valence-electron chi connectivity index (χ2n) is 4.22. The number of nitrogens with zero attached hydrogens (tertiary/aromatic N) is 2. The number of aryl methyl sites for hydroxylation is 2. The van der Waals surface area contributed by atoms with Crippen molar-refractivity contribution < 1.29 is 4.74 Å². The lowest BCUT2D eigenvalue weighted by molar-refractivity contribution is 0.295. The van der Waals surface area contributed by atoms with Crippen LogP contribution >= 0.6 is 0 Å². The molecular weight excluding hydrogens is 238 g/mol. The lowest BCUT2D eigenvalue weighted by atomic mass is 10.2. The van der Waals surface area contributed by atoms with Crippen molar-refractivity contribution in [3.63, 3.8) is 0 Å². The molecule has 1 aromatic heterocycles. The quantitative estimate of drug-likeness (QED) is 0.848. The average molecular weight is 255 g/mol. The van der Waals surface area contributed by atoms with Crippen molar-refractivity contribution >= 4 is 0 Å². The largest absolute Gasteiger partial charge is 0.487 e. The van der Waals surface area contributed by atoms with Gasteiger partial charge in [-0.25, -0.2) is 0 Å². The fourth-order valence-electron chi connectivity index (χ4n) is 1.77. The van der Waals surface area contributed by atoms with Crippen molar-refractivity contribution in [2.75, 3.05) is 6.54 Å². The molecule has 0 unspecified atom stereocenters. The maximum atomic E-state index is 5.75. The van der Waals surface area contributed by atoms with Crippen LogP contribution in [0.2, 0.25) is 0 Å². The van der Waals surface area contributed by atoms with Gasteiger partial charge in [0.25, 0.3) is 0 Å². The first-order chi connectivity index (χ1) is 9.19. The van der Waals surface area contributed by atoms with Gasteiger partial charge in [-0.3, -0.25) is 4.68 Å². The highest BCUT2D eigenvalue weighted by molar-refractivity contribution is 5.39. The number of rotatable bonds is 3. The maximum absolute atomic E-state index is 5.75. The smallest absolute Gasteiger partial charge is 0.130 e. The van der Waals surface area contributed by atoms with E-state index < -0.39 is 0 Å². The molecule has 0 bridgehead atoms. The summed E-state index contributed by atoms with van der Waals surface area (Å²) in [5.74, 6) is 6.61. The molecule has 0 aliphatic carbocycles. The molecule has 4 nitrogen and oxygen atoms in total. The van der Waals surface area contributed by atoms with Crippen LogP contribution in [0, 0.1) is 18.8 Å². The van der Waals surface area contributed by atoms with Gasteiger partial charge in [-0.05, 0) is 31.2 Å². The lowest BCUT2D eigenvalue weighted by Crippen LogP contribution is -2.03. The zero-order valence-corrected chi connectivity index (χ0v) is 11.2. The monoisotopic (exact) mass is 255 g/mol. The third kappa shape index (κ3) is 3.60. The molecule has 2 rings (SSSR count). The number of hydrogen-bond donors (Lipinski definition) is 1. The Morgan fingerprint density at radius 1 is 1.37 bits per heavy atom. The van der Waals surface area contributed by atoms with Gasteiger partial charge in [0.05, 0.1) is 17.9 Å². The molecule has 0 aliphatic heterocycles. The van der Waals surface area contributed by atoms with Crippen molar-refractivity contribution in [1.29, 1.82) is 0 Å². The zero-order chi connectivity index (χ0) is 13.7. The Balaban J connectivity index is 2.05. The third-order valence-electron chi connectivity index (χ3n) is 2.65. The third-order valence-corrected chi connectivity index (χ3v) is 2.65. The van der Waals surface area contributed by atoms with Crippen LogP contribution in [-0.2, 0) is 13.7 Å². The van der Waals surface area contributed by atoms with Gasteiger partial charge in [-0.2, -0.15) is 5.10 Å². The molecule has 2 N–H and O–H groups in total. The molecule has 0 radical (unpaired) electrons. The van der Waals surface area contributed by atoms with Crippen molar-refractivity contribution in [3.05, 3.63) is 47.3 Å². The van der Waals surface area contributed by atoms with E-state index in [2.05, 4.69) is 16.9 Å². The minimum absolute atomic E-state index is 0.360. The second-order valence-corrected chi connectivity index (χ2v) is 4.22. The number of aromatic nitrogens is 2. The Morgan fingerprint density at radius 3 is 2.89 bits per heavy atom. The second kappa shape index (κ2) is 6.07. The molecule has 1 aromatic carbocycles. The first-order valence-electron chi connectivity index (χ1n) is 6.10. The minimum Gasteiger partial charge on any atom is -0.487 e. The molecule has 4 heteroatoms. The topological polar surface area (TPSA) is 53.1 Å². The normalized spacial score (nSPS) is 9.84. The zero-order valence-electron chi connectivity index (χ0n) is 11.2.